The van der Waals surface area contributed by atoms with Gasteiger partial charge in [-0.2, -0.15) is 30.7 Å². The van der Waals surface area contributed by atoms with Gasteiger partial charge in [-0.05, 0) is 43.5 Å². The number of halogens is 7. The first-order chi connectivity index (χ1) is 11.6. The molecule has 0 radical (unpaired) electrons. The highest BCUT2D eigenvalue weighted by atomic mass is 19.4. The second-order valence-electron chi connectivity index (χ2n) is 5.97. The lowest BCUT2D eigenvalue weighted by Gasteiger charge is -2.33. The fourth-order valence-electron chi connectivity index (χ4n) is 2.27. The molecule has 3 nitrogen and oxygen atoms in total. The molecule has 0 heterocycles. The van der Waals surface area contributed by atoms with Gasteiger partial charge in [-0.1, -0.05) is 6.07 Å². The van der Waals surface area contributed by atoms with Gasteiger partial charge in [0.1, 0.15) is 5.75 Å². The third kappa shape index (κ3) is 4.21. The maximum atomic E-state index is 13.5. The van der Waals surface area contributed by atoms with Gasteiger partial charge in [-0.3, -0.25) is 4.79 Å². The molecule has 0 saturated carbocycles. The average molecular weight is 389 g/mol. The Morgan fingerprint density at radius 3 is 2.12 bits per heavy atom. The van der Waals surface area contributed by atoms with Crippen molar-refractivity contribution < 1.29 is 40.3 Å². The van der Waals surface area contributed by atoms with Crippen molar-refractivity contribution in [3.8, 4) is 5.75 Å². The molecule has 1 amide bonds. The van der Waals surface area contributed by atoms with Gasteiger partial charge in [0.2, 0.25) is 0 Å². The Balaban J connectivity index is 3.02. The lowest BCUT2D eigenvalue weighted by Crippen LogP contribution is -2.60. The second kappa shape index (κ2) is 7.32. The van der Waals surface area contributed by atoms with Crippen molar-refractivity contribution in [2.45, 2.75) is 44.3 Å². The molecule has 0 aliphatic heterocycles. The molecule has 0 bridgehead atoms. The molecular weight excluding hydrogens is 371 g/mol. The molecule has 1 aromatic rings. The van der Waals surface area contributed by atoms with Gasteiger partial charge in [0.05, 0.1) is 7.11 Å². The van der Waals surface area contributed by atoms with Crippen molar-refractivity contribution in [2.24, 2.45) is 0 Å². The molecule has 0 aliphatic carbocycles. The van der Waals surface area contributed by atoms with Crippen molar-refractivity contribution in [3.05, 3.63) is 29.3 Å². The average Bonchev–Trinajstić information content (AvgIpc) is 2.51. The molecule has 0 spiro atoms. The topological polar surface area (TPSA) is 29.5 Å². The quantitative estimate of drug-likeness (QED) is 0.682. The third-order valence-electron chi connectivity index (χ3n) is 3.88. The predicted molar refractivity (Wildman–Crippen MR) is 79.6 cm³/mol. The van der Waals surface area contributed by atoms with Crippen LogP contribution in [0.3, 0.4) is 0 Å². The molecule has 1 unspecified atom stereocenters. The van der Waals surface area contributed by atoms with E-state index < -0.39 is 30.0 Å². The number of carbonyl (C=O) groups is 1. The Morgan fingerprint density at radius 1 is 1.12 bits per heavy atom. The predicted octanol–water partition coefficient (Wildman–Crippen LogP) is 4.23. The molecule has 0 aromatic heterocycles. The van der Waals surface area contributed by atoms with Gasteiger partial charge < -0.3 is 9.64 Å². The number of nitrogens with zero attached hydrogens (tertiary/aromatic N) is 1. The molecule has 148 valence electrons. The molecule has 1 atom stereocenters. The Labute approximate surface area is 145 Å². The fourth-order valence-corrected chi connectivity index (χ4v) is 2.27. The molecule has 0 aliphatic rings. The number of rotatable bonds is 6. The molecule has 1 aromatic carbocycles. The summed E-state index contributed by atoms with van der Waals surface area (Å²) < 4.78 is 94.8. The van der Waals surface area contributed by atoms with Crippen molar-refractivity contribution >= 4 is 5.91 Å². The first-order valence-corrected chi connectivity index (χ1v) is 7.39. The first kappa shape index (κ1) is 22.0. The number of amides is 1. The van der Waals surface area contributed by atoms with Crippen molar-refractivity contribution in [1.29, 1.82) is 0 Å². The number of aryl methyl sites for hydroxylation is 1. The lowest BCUT2D eigenvalue weighted by molar-refractivity contribution is -0.346. The van der Waals surface area contributed by atoms with Crippen LogP contribution < -0.4 is 4.74 Å². The monoisotopic (exact) mass is 389 g/mol. The van der Waals surface area contributed by atoms with E-state index in [0.717, 1.165) is 12.6 Å². The highest BCUT2D eigenvalue weighted by molar-refractivity contribution is 5.85. The van der Waals surface area contributed by atoms with Crippen molar-refractivity contribution in [3.63, 3.8) is 0 Å². The number of likely N-dealkylation sites (N-methyl/N-ethyl adjacent to an activating group) is 1. The largest absolute Gasteiger partial charge is 0.497 e. The van der Waals surface area contributed by atoms with Crippen LogP contribution in [-0.2, 0) is 11.2 Å². The minimum absolute atomic E-state index is 0.0477. The summed E-state index contributed by atoms with van der Waals surface area (Å²) in [6, 6.07) is 3.81. The summed E-state index contributed by atoms with van der Waals surface area (Å²) in [5.41, 5.74) is 1.30. The molecule has 0 saturated heterocycles. The zero-order chi connectivity index (χ0) is 20.5. The van der Waals surface area contributed by atoms with E-state index in [2.05, 4.69) is 0 Å². The summed E-state index contributed by atoms with van der Waals surface area (Å²) in [5, 5.41) is 0. The van der Waals surface area contributed by atoms with Gasteiger partial charge in [0, 0.05) is 13.1 Å². The first-order valence-electron chi connectivity index (χ1n) is 7.39. The van der Waals surface area contributed by atoms with Crippen LogP contribution in [0, 0.1) is 6.92 Å². The lowest BCUT2D eigenvalue weighted by atomic mass is 10.0. The fraction of sp³-hybridized carbons (Fsp3) is 0.562. The molecule has 26 heavy (non-hydrogen) atoms. The van der Waals surface area contributed by atoms with Gasteiger partial charge in [-0.15, -0.1) is 0 Å². The number of hydrogen-bond acceptors (Lipinski definition) is 2. The molecule has 0 fully saturated rings. The third-order valence-corrected chi connectivity index (χ3v) is 3.88. The Hall–Kier alpha value is -2.00. The molecular formula is C16H18F7NO2. The van der Waals surface area contributed by atoms with Crippen LogP contribution in [0.15, 0.2) is 18.2 Å². The molecule has 1 rings (SSSR count). The van der Waals surface area contributed by atoms with Gasteiger partial charge in [0.15, 0.2) is 0 Å². The van der Waals surface area contributed by atoms with Crippen LogP contribution in [0.2, 0.25) is 0 Å². The minimum atomic E-state index is -6.56. The summed E-state index contributed by atoms with van der Waals surface area (Å²) in [5.74, 6) is -14.5. The van der Waals surface area contributed by atoms with Crippen LogP contribution in [-0.4, -0.2) is 49.0 Å². The zero-order valence-corrected chi connectivity index (χ0v) is 14.4. The van der Waals surface area contributed by atoms with E-state index in [1.807, 2.05) is 0 Å². The highest BCUT2D eigenvalue weighted by Crippen LogP contribution is 2.47. The number of alkyl halides is 7. The van der Waals surface area contributed by atoms with E-state index >= 15 is 0 Å². The maximum absolute atomic E-state index is 13.5. The normalized spacial score (nSPS) is 14.1. The van der Waals surface area contributed by atoms with Crippen LogP contribution >= 0.6 is 0 Å². The summed E-state index contributed by atoms with van der Waals surface area (Å²) in [7, 11) is 2.15. The number of ether oxygens (including phenoxy) is 1. The summed E-state index contributed by atoms with van der Waals surface area (Å²) in [4.78, 5) is 11.8. The van der Waals surface area contributed by atoms with E-state index in [-0.39, 0.29) is 11.3 Å². The van der Waals surface area contributed by atoms with E-state index in [0.29, 0.717) is 11.3 Å². The highest BCUT2D eigenvalue weighted by Gasteiger charge is 2.76. The Kier molecular flexibility index (Phi) is 6.20. The molecule has 0 N–H and O–H groups in total. The number of benzene rings is 1. The van der Waals surface area contributed by atoms with Gasteiger partial charge >= 0.3 is 18.0 Å². The summed E-state index contributed by atoms with van der Waals surface area (Å²) in [6.07, 6.45) is -6.60. The molecule has 10 heteroatoms. The van der Waals surface area contributed by atoms with Gasteiger partial charge in [-0.25, -0.2) is 0 Å². The zero-order valence-electron chi connectivity index (χ0n) is 14.4. The van der Waals surface area contributed by atoms with Crippen LogP contribution in [0.25, 0.3) is 0 Å². The SMILES string of the molecule is COc1cc(C)cc(CC(C)N(C)C(=O)C(F)(F)C(F)(F)C(F)(F)F)c1. The van der Waals surface area contributed by atoms with E-state index in [4.69, 9.17) is 4.74 Å². The summed E-state index contributed by atoms with van der Waals surface area (Å²) in [6.45, 7) is 2.98. The van der Waals surface area contributed by atoms with Gasteiger partial charge in [0.25, 0.3) is 5.91 Å². The number of hydrogen-bond donors (Lipinski definition) is 0. The summed E-state index contributed by atoms with van der Waals surface area (Å²) >= 11 is 0. The minimum Gasteiger partial charge on any atom is -0.497 e. The Bertz CT molecular complexity index is 658. The van der Waals surface area contributed by atoms with Crippen LogP contribution in [0.1, 0.15) is 18.1 Å². The van der Waals surface area contributed by atoms with Crippen molar-refractivity contribution in [1.82, 2.24) is 4.90 Å². The van der Waals surface area contributed by atoms with E-state index in [1.165, 1.54) is 14.0 Å². The second-order valence-corrected chi connectivity index (χ2v) is 5.97. The van der Waals surface area contributed by atoms with E-state index in [1.54, 1.807) is 25.1 Å². The van der Waals surface area contributed by atoms with Crippen LogP contribution in [0.5, 0.6) is 5.75 Å². The Morgan fingerprint density at radius 2 is 1.65 bits per heavy atom. The number of methoxy groups -OCH3 is 1. The standard InChI is InChI=1S/C16H18F7NO2/c1-9-5-11(8-12(6-9)26-4)7-10(2)24(3)13(25)14(17,18)15(19,20)16(21,22)23/h5-6,8,10H,7H2,1-4H3. The van der Waals surface area contributed by atoms with Crippen LogP contribution in [0.4, 0.5) is 30.7 Å². The van der Waals surface area contributed by atoms with Crippen molar-refractivity contribution in [2.75, 3.05) is 14.2 Å². The maximum Gasteiger partial charge on any atom is 0.460 e. The van der Waals surface area contributed by atoms with E-state index in [9.17, 15) is 35.5 Å². The number of carbonyl (C=O) groups excluding carboxylic acids is 1. The smallest absolute Gasteiger partial charge is 0.460 e.